The first-order valence-electron chi connectivity index (χ1n) is 5.73. The first-order chi connectivity index (χ1) is 8.02. The van der Waals surface area contributed by atoms with Crippen LogP contribution in [-0.2, 0) is 4.74 Å². The van der Waals surface area contributed by atoms with E-state index in [2.05, 4.69) is 57.6 Å². The summed E-state index contributed by atoms with van der Waals surface area (Å²) in [6.45, 7) is 6.33. The van der Waals surface area contributed by atoms with Crippen LogP contribution in [0, 0.1) is 0 Å². The van der Waals surface area contributed by atoms with Crippen molar-refractivity contribution in [2.24, 2.45) is 0 Å². The van der Waals surface area contributed by atoms with Gasteiger partial charge in [0.15, 0.2) is 5.65 Å². The van der Waals surface area contributed by atoms with E-state index in [1.807, 2.05) is 6.92 Å². The molecule has 0 N–H and O–H groups in total. The summed E-state index contributed by atoms with van der Waals surface area (Å²) in [4.78, 5) is 4.61. The van der Waals surface area contributed by atoms with Crippen LogP contribution >= 0.6 is 15.9 Å². The number of pyridine rings is 1. The number of ether oxygens (including phenoxy) is 1. The third-order valence-corrected chi connectivity index (χ3v) is 3.54. The third kappa shape index (κ3) is 2.38. The maximum Gasteiger partial charge on any atom is 0.151 e. The molecule has 0 fully saturated rings. The average Bonchev–Trinajstić information content (AvgIpc) is 2.72. The molecule has 17 heavy (non-hydrogen) atoms. The van der Waals surface area contributed by atoms with E-state index < -0.39 is 0 Å². The van der Waals surface area contributed by atoms with Crippen molar-refractivity contribution in [3.63, 3.8) is 0 Å². The molecule has 0 aliphatic rings. The SMILES string of the molecule is COC(C)c1cc(Br)c2nc(C(C)C)cn2c1. The minimum Gasteiger partial charge on any atom is -0.377 e. The molecule has 0 aromatic carbocycles. The van der Waals surface area contributed by atoms with Gasteiger partial charge >= 0.3 is 0 Å². The first kappa shape index (κ1) is 12.6. The van der Waals surface area contributed by atoms with Crippen molar-refractivity contribution in [3.8, 4) is 0 Å². The van der Waals surface area contributed by atoms with E-state index in [4.69, 9.17) is 4.74 Å². The van der Waals surface area contributed by atoms with Gasteiger partial charge in [0.2, 0.25) is 0 Å². The molecule has 0 amide bonds. The molecule has 2 aromatic rings. The summed E-state index contributed by atoms with van der Waals surface area (Å²) in [5, 5.41) is 0. The van der Waals surface area contributed by atoms with Gasteiger partial charge in [0, 0.05) is 19.5 Å². The second-order valence-corrected chi connectivity index (χ2v) is 5.40. The van der Waals surface area contributed by atoms with Gasteiger partial charge in [-0.1, -0.05) is 13.8 Å². The fourth-order valence-electron chi connectivity index (χ4n) is 1.73. The van der Waals surface area contributed by atoms with Crippen LogP contribution in [0.25, 0.3) is 5.65 Å². The molecule has 0 saturated carbocycles. The average molecular weight is 297 g/mol. The van der Waals surface area contributed by atoms with E-state index in [0.29, 0.717) is 5.92 Å². The highest BCUT2D eigenvalue weighted by Crippen LogP contribution is 2.26. The lowest BCUT2D eigenvalue weighted by atomic mass is 10.2. The van der Waals surface area contributed by atoms with Gasteiger partial charge < -0.3 is 9.14 Å². The number of aromatic nitrogens is 2. The molecule has 2 aromatic heterocycles. The Morgan fingerprint density at radius 2 is 2.00 bits per heavy atom. The quantitative estimate of drug-likeness (QED) is 0.858. The third-order valence-electron chi connectivity index (χ3n) is 2.96. The number of rotatable bonds is 3. The molecule has 2 rings (SSSR count). The van der Waals surface area contributed by atoms with E-state index in [1.165, 1.54) is 0 Å². The van der Waals surface area contributed by atoms with Gasteiger partial charge in [-0.2, -0.15) is 0 Å². The van der Waals surface area contributed by atoms with E-state index in [9.17, 15) is 0 Å². The molecule has 1 unspecified atom stereocenters. The van der Waals surface area contributed by atoms with Gasteiger partial charge in [0.1, 0.15) is 0 Å². The van der Waals surface area contributed by atoms with Crippen molar-refractivity contribution in [2.45, 2.75) is 32.8 Å². The standard InChI is InChI=1S/C13H17BrN2O/c1-8(2)12-7-16-6-10(9(3)17-4)5-11(14)13(16)15-12/h5-9H,1-4H3. The molecule has 1 atom stereocenters. The van der Waals surface area contributed by atoms with Crippen molar-refractivity contribution >= 4 is 21.6 Å². The second kappa shape index (κ2) is 4.78. The van der Waals surface area contributed by atoms with Crippen LogP contribution in [0.4, 0.5) is 0 Å². The lowest BCUT2D eigenvalue weighted by Crippen LogP contribution is -1.98. The zero-order valence-electron chi connectivity index (χ0n) is 10.6. The summed E-state index contributed by atoms with van der Waals surface area (Å²) < 4.78 is 8.40. The molecule has 0 spiro atoms. The second-order valence-electron chi connectivity index (χ2n) is 4.55. The van der Waals surface area contributed by atoms with E-state index in [-0.39, 0.29) is 6.10 Å². The highest BCUT2D eigenvalue weighted by Gasteiger charge is 2.12. The molecule has 0 saturated heterocycles. The van der Waals surface area contributed by atoms with Crippen LogP contribution in [0.2, 0.25) is 0 Å². The van der Waals surface area contributed by atoms with Crippen molar-refractivity contribution in [3.05, 3.63) is 34.2 Å². The summed E-state index contributed by atoms with van der Waals surface area (Å²) in [7, 11) is 1.72. The van der Waals surface area contributed by atoms with E-state index in [1.54, 1.807) is 7.11 Å². The zero-order chi connectivity index (χ0) is 12.6. The fraction of sp³-hybridized carbons (Fsp3) is 0.462. The summed E-state index contributed by atoms with van der Waals surface area (Å²) in [5.41, 5.74) is 3.20. The smallest absolute Gasteiger partial charge is 0.151 e. The predicted molar refractivity (Wildman–Crippen MR) is 72.4 cm³/mol. The Hall–Kier alpha value is -0.870. The Labute approximate surface area is 110 Å². The van der Waals surface area contributed by atoms with Crippen LogP contribution in [0.5, 0.6) is 0 Å². The van der Waals surface area contributed by atoms with Crippen molar-refractivity contribution in [1.29, 1.82) is 0 Å². The molecule has 0 aliphatic carbocycles. The number of nitrogens with zero attached hydrogens (tertiary/aromatic N) is 2. The van der Waals surface area contributed by atoms with Crippen LogP contribution in [-0.4, -0.2) is 16.5 Å². The van der Waals surface area contributed by atoms with E-state index >= 15 is 0 Å². The number of fused-ring (bicyclic) bond motifs is 1. The van der Waals surface area contributed by atoms with Gasteiger partial charge in [0.25, 0.3) is 0 Å². The Bertz CT molecular complexity index is 533. The largest absolute Gasteiger partial charge is 0.377 e. The lowest BCUT2D eigenvalue weighted by Gasteiger charge is -2.10. The van der Waals surface area contributed by atoms with Gasteiger partial charge in [0.05, 0.1) is 16.3 Å². The molecule has 0 bridgehead atoms. The van der Waals surface area contributed by atoms with E-state index in [0.717, 1.165) is 21.4 Å². The van der Waals surface area contributed by atoms with Crippen LogP contribution in [0.1, 0.15) is 44.1 Å². The minimum atomic E-state index is 0.0839. The predicted octanol–water partition coefficient (Wildman–Crippen LogP) is 3.93. The van der Waals surface area contributed by atoms with Crippen LogP contribution in [0.15, 0.2) is 22.9 Å². The lowest BCUT2D eigenvalue weighted by molar-refractivity contribution is 0.119. The minimum absolute atomic E-state index is 0.0839. The fourth-order valence-corrected chi connectivity index (χ4v) is 2.29. The number of imidazole rings is 1. The Balaban J connectivity index is 2.57. The monoisotopic (exact) mass is 296 g/mol. The van der Waals surface area contributed by atoms with Crippen LogP contribution < -0.4 is 0 Å². The number of methoxy groups -OCH3 is 1. The van der Waals surface area contributed by atoms with Crippen molar-refractivity contribution in [2.75, 3.05) is 7.11 Å². The topological polar surface area (TPSA) is 26.5 Å². The molecular formula is C13H17BrN2O. The summed E-state index contributed by atoms with van der Waals surface area (Å²) >= 11 is 3.57. The zero-order valence-corrected chi connectivity index (χ0v) is 12.2. The van der Waals surface area contributed by atoms with Gasteiger partial charge in [-0.05, 0) is 40.4 Å². The van der Waals surface area contributed by atoms with Gasteiger partial charge in [-0.25, -0.2) is 4.98 Å². The highest BCUT2D eigenvalue weighted by atomic mass is 79.9. The maximum absolute atomic E-state index is 5.34. The highest BCUT2D eigenvalue weighted by molar-refractivity contribution is 9.10. The number of halogens is 1. The molecule has 4 heteroatoms. The van der Waals surface area contributed by atoms with Gasteiger partial charge in [-0.15, -0.1) is 0 Å². The molecule has 3 nitrogen and oxygen atoms in total. The molecule has 2 heterocycles. The Morgan fingerprint density at radius 1 is 1.29 bits per heavy atom. The maximum atomic E-state index is 5.34. The summed E-state index contributed by atoms with van der Waals surface area (Å²) in [5.74, 6) is 0.435. The summed E-state index contributed by atoms with van der Waals surface area (Å²) in [6, 6.07) is 2.07. The Kier molecular flexibility index (Phi) is 3.54. The normalized spacial score (nSPS) is 13.5. The first-order valence-corrected chi connectivity index (χ1v) is 6.53. The van der Waals surface area contributed by atoms with Gasteiger partial charge in [-0.3, -0.25) is 0 Å². The molecular weight excluding hydrogens is 280 g/mol. The molecule has 92 valence electrons. The molecule has 0 radical (unpaired) electrons. The number of hydrogen-bond acceptors (Lipinski definition) is 2. The van der Waals surface area contributed by atoms with Crippen molar-refractivity contribution in [1.82, 2.24) is 9.38 Å². The Morgan fingerprint density at radius 3 is 2.59 bits per heavy atom. The molecule has 0 aliphatic heterocycles. The summed E-state index contributed by atoms with van der Waals surface area (Å²) in [6.07, 6.45) is 4.24. The number of hydrogen-bond donors (Lipinski definition) is 0. The van der Waals surface area contributed by atoms with Crippen molar-refractivity contribution < 1.29 is 4.74 Å². The van der Waals surface area contributed by atoms with Crippen LogP contribution in [0.3, 0.4) is 0 Å².